The lowest BCUT2D eigenvalue weighted by Gasteiger charge is -2.47. The number of nitrogens with zero attached hydrogens (tertiary/aromatic N) is 6. The SMILES string of the molecule is CC[C@@H]1C[C@H](N(Cc2cc(C(F)(F)F)cc(C(F)(F)F)c2)c2ncc(-c3cnn(C)c3)cn2)C[C@H](CC)N1C(=O)OC[C@H]1CC[C@H](C(=O)OC)CC1. The third-order valence-electron chi connectivity index (χ3n) is 10.2. The Hall–Kier alpha value is -4.37. The summed E-state index contributed by atoms with van der Waals surface area (Å²) >= 11 is 0. The number of aromatic nitrogens is 4. The fourth-order valence-corrected chi connectivity index (χ4v) is 7.38. The van der Waals surface area contributed by atoms with E-state index in [4.69, 9.17) is 9.47 Å². The molecule has 1 aliphatic heterocycles. The molecule has 0 spiro atoms. The summed E-state index contributed by atoms with van der Waals surface area (Å²) in [7, 11) is 3.12. The van der Waals surface area contributed by atoms with E-state index < -0.39 is 35.6 Å². The Bertz CT molecular complexity index is 1630. The number of benzene rings is 1. The summed E-state index contributed by atoms with van der Waals surface area (Å²) in [5.74, 6) is -0.141. The smallest absolute Gasteiger partial charge is 0.416 e. The standard InChI is InChI=1S/C36H44F6N6O4/c1-5-29-14-31(15-30(6-2)48(29)34(50)52-21-22-7-9-24(10-8-22)32(49)51-4)47(33-43-16-25(17-44-33)26-18-45-46(3)20-26)19-23-11-27(35(37,38)39)13-28(12-23)36(40,41)42/h11-13,16-18,20,22,24,29-31H,5-10,14-15,19,21H2,1-4H3/t22-,24-,29-,30+,31+. The molecular formula is C36H44F6N6O4. The molecule has 3 atom stereocenters. The van der Waals surface area contributed by atoms with Gasteiger partial charge in [0.25, 0.3) is 0 Å². The zero-order chi connectivity index (χ0) is 37.8. The van der Waals surface area contributed by atoms with E-state index in [1.54, 1.807) is 46.3 Å². The van der Waals surface area contributed by atoms with Gasteiger partial charge in [-0.1, -0.05) is 13.8 Å². The normalized spacial score (nSPS) is 22.6. The summed E-state index contributed by atoms with van der Waals surface area (Å²) < 4.78 is 95.3. The number of amides is 1. The molecule has 284 valence electrons. The number of carbonyl (C=O) groups is 2. The molecule has 52 heavy (non-hydrogen) atoms. The Labute approximate surface area is 298 Å². The molecule has 3 heterocycles. The third-order valence-corrected chi connectivity index (χ3v) is 10.2. The van der Waals surface area contributed by atoms with Gasteiger partial charge in [0.15, 0.2) is 0 Å². The van der Waals surface area contributed by atoms with E-state index in [0.717, 1.165) is 30.5 Å². The number of carbonyl (C=O) groups excluding carboxylic acids is 2. The number of alkyl halides is 6. The molecule has 2 aromatic heterocycles. The predicted octanol–water partition coefficient (Wildman–Crippen LogP) is 8.06. The van der Waals surface area contributed by atoms with Crippen molar-refractivity contribution >= 4 is 18.0 Å². The molecule has 0 bridgehead atoms. The molecule has 2 fully saturated rings. The van der Waals surface area contributed by atoms with Crippen LogP contribution in [0.4, 0.5) is 37.1 Å². The van der Waals surface area contributed by atoms with Crippen LogP contribution in [0.15, 0.2) is 43.0 Å². The number of ether oxygens (including phenoxy) is 2. The maximum absolute atomic E-state index is 13.8. The highest BCUT2D eigenvalue weighted by Crippen LogP contribution is 2.39. The molecule has 0 radical (unpaired) electrons. The number of anilines is 1. The zero-order valence-corrected chi connectivity index (χ0v) is 29.6. The molecule has 0 N–H and O–H groups in total. The van der Waals surface area contributed by atoms with Crippen LogP contribution in [0.5, 0.6) is 0 Å². The van der Waals surface area contributed by atoms with Crippen molar-refractivity contribution in [1.29, 1.82) is 0 Å². The molecular weight excluding hydrogens is 694 g/mol. The fourth-order valence-electron chi connectivity index (χ4n) is 7.38. The minimum absolute atomic E-state index is 0.110. The Morgan fingerprint density at radius 1 is 0.865 bits per heavy atom. The molecule has 1 saturated carbocycles. The second kappa shape index (κ2) is 16.1. The van der Waals surface area contributed by atoms with Crippen molar-refractivity contribution < 1.29 is 45.4 Å². The van der Waals surface area contributed by atoms with Crippen molar-refractivity contribution in [3.63, 3.8) is 0 Å². The van der Waals surface area contributed by atoms with Gasteiger partial charge in [-0.25, -0.2) is 14.8 Å². The van der Waals surface area contributed by atoms with Gasteiger partial charge in [-0.05, 0) is 81.0 Å². The first-order valence-electron chi connectivity index (χ1n) is 17.5. The number of esters is 1. The third kappa shape index (κ3) is 9.16. The van der Waals surface area contributed by atoms with Crippen LogP contribution in [0.25, 0.3) is 11.1 Å². The van der Waals surface area contributed by atoms with Crippen LogP contribution in [0, 0.1) is 11.8 Å². The average molecular weight is 739 g/mol. The van der Waals surface area contributed by atoms with Crippen LogP contribution < -0.4 is 4.90 Å². The number of hydrogen-bond acceptors (Lipinski definition) is 8. The summed E-state index contributed by atoms with van der Waals surface area (Å²) in [6.45, 7) is 3.70. The lowest BCUT2D eigenvalue weighted by molar-refractivity contribution is -0.147. The monoisotopic (exact) mass is 738 g/mol. The van der Waals surface area contributed by atoms with E-state index in [1.807, 2.05) is 13.8 Å². The molecule has 1 amide bonds. The van der Waals surface area contributed by atoms with E-state index in [9.17, 15) is 35.9 Å². The van der Waals surface area contributed by atoms with E-state index in [2.05, 4.69) is 15.1 Å². The number of likely N-dealkylation sites (tertiary alicyclic amines) is 1. The molecule has 2 aliphatic rings. The van der Waals surface area contributed by atoms with E-state index in [0.29, 0.717) is 44.1 Å². The average Bonchev–Trinajstić information content (AvgIpc) is 3.57. The molecule has 5 rings (SSSR count). The Morgan fingerprint density at radius 3 is 1.92 bits per heavy atom. The van der Waals surface area contributed by atoms with Crippen LogP contribution in [0.3, 0.4) is 0 Å². The van der Waals surface area contributed by atoms with Crippen molar-refractivity contribution in [3.05, 3.63) is 59.7 Å². The second-order valence-electron chi connectivity index (χ2n) is 13.7. The molecule has 16 heteroatoms. The first kappa shape index (κ1) is 38.9. The molecule has 1 saturated heterocycles. The number of hydrogen-bond donors (Lipinski definition) is 0. The first-order chi connectivity index (χ1) is 24.6. The van der Waals surface area contributed by atoms with Crippen molar-refractivity contribution in [2.75, 3.05) is 18.6 Å². The van der Waals surface area contributed by atoms with Gasteiger partial charge in [0.1, 0.15) is 0 Å². The summed E-state index contributed by atoms with van der Waals surface area (Å²) in [5.41, 5.74) is -1.65. The van der Waals surface area contributed by atoms with E-state index in [1.165, 1.54) is 7.11 Å². The van der Waals surface area contributed by atoms with Crippen molar-refractivity contribution in [2.45, 2.75) is 102 Å². The topological polar surface area (TPSA) is 103 Å². The van der Waals surface area contributed by atoms with Gasteiger partial charge in [-0.3, -0.25) is 9.48 Å². The molecule has 1 aliphatic carbocycles. The summed E-state index contributed by atoms with van der Waals surface area (Å²) in [6.07, 6.45) is 0.525. The van der Waals surface area contributed by atoms with Crippen LogP contribution in [0.1, 0.15) is 81.9 Å². The quantitative estimate of drug-likeness (QED) is 0.152. The number of methoxy groups -OCH3 is 1. The van der Waals surface area contributed by atoms with Gasteiger partial charge >= 0.3 is 24.4 Å². The van der Waals surface area contributed by atoms with Gasteiger partial charge < -0.3 is 19.3 Å². The minimum atomic E-state index is -5.00. The highest BCUT2D eigenvalue weighted by molar-refractivity contribution is 5.72. The maximum atomic E-state index is 13.8. The van der Waals surface area contributed by atoms with Crippen LogP contribution in [0.2, 0.25) is 0 Å². The maximum Gasteiger partial charge on any atom is 0.416 e. The lowest BCUT2D eigenvalue weighted by atomic mass is 9.82. The lowest BCUT2D eigenvalue weighted by Crippen LogP contribution is -2.57. The summed E-state index contributed by atoms with van der Waals surface area (Å²) in [4.78, 5) is 38.0. The summed E-state index contributed by atoms with van der Waals surface area (Å²) in [5, 5.41) is 4.15. The zero-order valence-electron chi connectivity index (χ0n) is 29.6. The van der Waals surface area contributed by atoms with Crippen molar-refractivity contribution in [3.8, 4) is 11.1 Å². The van der Waals surface area contributed by atoms with Crippen LogP contribution in [-0.4, -0.2) is 68.6 Å². The van der Waals surface area contributed by atoms with Gasteiger partial charge in [-0.15, -0.1) is 0 Å². The number of rotatable bonds is 10. The van der Waals surface area contributed by atoms with Gasteiger partial charge in [0, 0.05) is 61.4 Å². The van der Waals surface area contributed by atoms with Gasteiger partial charge in [0.05, 0.1) is 37.0 Å². The minimum Gasteiger partial charge on any atom is -0.469 e. The number of piperidine rings is 1. The highest BCUT2D eigenvalue weighted by Gasteiger charge is 2.42. The van der Waals surface area contributed by atoms with Crippen molar-refractivity contribution in [1.82, 2.24) is 24.6 Å². The van der Waals surface area contributed by atoms with Gasteiger partial charge in [0.2, 0.25) is 5.95 Å². The Kier molecular flexibility index (Phi) is 12.0. The van der Waals surface area contributed by atoms with Gasteiger partial charge in [-0.2, -0.15) is 31.4 Å². The molecule has 1 aromatic carbocycles. The van der Waals surface area contributed by atoms with Crippen LogP contribution >= 0.6 is 0 Å². The second-order valence-corrected chi connectivity index (χ2v) is 13.7. The largest absolute Gasteiger partial charge is 0.469 e. The molecule has 3 aromatic rings. The fraction of sp³-hybridized carbons (Fsp3) is 0.583. The predicted molar refractivity (Wildman–Crippen MR) is 179 cm³/mol. The Morgan fingerprint density at radius 2 is 1.44 bits per heavy atom. The van der Waals surface area contributed by atoms with E-state index >= 15 is 0 Å². The van der Waals surface area contributed by atoms with E-state index in [-0.39, 0.29) is 60.6 Å². The van der Waals surface area contributed by atoms with Crippen LogP contribution in [-0.2, 0) is 40.2 Å². The first-order valence-corrected chi connectivity index (χ1v) is 17.5. The summed E-state index contributed by atoms with van der Waals surface area (Å²) in [6, 6.07) is 0.451. The Balaban J connectivity index is 1.41. The molecule has 10 nitrogen and oxygen atoms in total. The van der Waals surface area contributed by atoms with Crippen molar-refractivity contribution in [2.24, 2.45) is 18.9 Å². The number of aryl methyl sites for hydroxylation is 1. The highest BCUT2D eigenvalue weighted by atomic mass is 19.4. The molecule has 0 unspecified atom stereocenters. The number of halogens is 6.